The molecule has 3 aromatic heterocycles. The van der Waals surface area contributed by atoms with E-state index in [2.05, 4.69) is 21.3 Å². The van der Waals surface area contributed by atoms with Gasteiger partial charge in [-0.25, -0.2) is 9.50 Å². The lowest BCUT2D eigenvalue weighted by molar-refractivity contribution is 0.667. The number of nitriles is 1. The maximum atomic E-state index is 9.20. The van der Waals surface area contributed by atoms with Gasteiger partial charge in [0.25, 0.3) is 0 Å². The van der Waals surface area contributed by atoms with Crippen LogP contribution in [0.4, 0.5) is 0 Å². The first-order valence-corrected chi connectivity index (χ1v) is 8.16. The van der Waals surface area contributed by atoms with Crippen LogP contribution in [0.25, 0.3) is 28.2 Å². The highest BCUT2D eigenvalue weighted by Crippen LogP contribution is 2.35. The summed E-state index contributed by atoms with van der Waals surface area (Å²) in [6.45, 7) is 2.75. The topological polar surface area (TPSA) is 71.8 Å². The molecule has 0 bridgehead atoms. The van der Waals surface area contributed by atoms with Crippen LogP contribution in [-0.4, -0.2) is 24.4 Å². The molecule has 0 aliphatic rings. The van der Waals surface area contributed by atoms with Crippen LogP contribution in [0, 0.1) is 11.3 Å². The zero-order chi connectivity index (χ0) is 17.4. The summed E-state index contributed by atoms with van der Waals surface area (Å²) in [5, 5.41) is 18.6. The fourth-order valence-electron chi connectivity index (χ4n) is 2.88. The van der Waals surface area contributed by atoms with Gasteiger partial charge in [-0.05, 0) is 31.2 Å². The number of rotatable bonds is 3. The minimum absolute atomic E-state index is 0.397. The zero-order valence-corrected chi connectivity index (χ0v) is 14.1. The molecule has 0 aliphatic carbocycles. The van der Waals surface area contributed by atoms with Crippen LogP contribution >= 0.6 is 11.6 Å². The van der Waals surface area contributed by atoms with Crippen LogP contribution in [0.3, 0.4) is 0 Å². The van der Waals surface area contributed by atoms with Gasteiger partial charge >= 0.3 is 0 Å². The lowest BCUT2D eigenvalue weighted by Gasteiger charge is -2.06. The van der Waals surface area contributed by atoms with Gasteiger partial charge in [-0.2, -0.15) is 15.5 Å². The van der Waals surface area contributed by atoms with Gasteiger partial charge in [-0.1, -0.05) is 23.7 Å². The number of hydrogen-bond acceptors (Lipinski definition) is 4. The van der Waals surface area contributed by atoms with E-state index >= 15 is 0 Å². The minimum Gasteiger partial charge on any atom is -0.265 e. The van der Waals surface area contributed by atoms with Gasteiger partial charge in [0.15, 0.2) is 5.65 Å². The van der Waals surface area contributed by atoms with Gasteiger partial charge in [0.2, 0.25) is 0 Å². The number of halogens is 1. The van der Waals surface area contributed by atoms with Crippen molar-refractivity contribution >= 4 is 17.2 Å². The summed E-state index contributed by atoms with van der Waals surface area (Å²) in [7, 11) is 0. The molecule has 0 radical (unpaired) electrons. The number of hydrogen-bond donors (Lipinski definition) is 0. The summed E-state index contributed by atoms with van der Waals surface area (Å²) in [6, 6.07) is 13.2. The monoisotopic (exact) mass is 348 g/mol. The molecule has 4 aromatic rings. The van der Waals surface area contributed by atoms with Crippen molar-refractivity contribution in [2.24, 2.45) is 0 Å². The van der Waals surface area contributed by atoms with E-state index in [4.69, 9.17) is 11.6 Å². The first kappa shape index (κ1) is 15.4. The Labute approximate surface area is 148 Å². The standard InChI is InChI=1S/C18H13ClN6/c1-2-24-14(6-8-21-24)16-17(13-5-3-4-12(10-13)11-20)23-25-9-7-15(19)22-18(16)25/h3-10H,2H2,1H3. The third-order valence-corrected chi connectivity index (χ3v) is 4.20. The van der Waals surface area contributed by atoms with Gasteiger partial charge < -0.3 is 0 Å². The molecule has 6 nitrogen and oxygen atoms in total. The Bertz CT molecular complexity index is 1120. The maximum absolute atomic E-state index is 9.20. The fraction of sp³-hybridized carbons (Fsp3) is 0.111. The summed E-state index contributed by atoms with van der Waals surface area (Å²) >= 11 is 6.11. The Hall–Kier alpha value is -3.17. The molecule has 0 N–H and O–H groups in total. The van der Waals surface area contributed by atoms with E-state index < -0.39 is 0 Å². The highest BCUT2D eigenvalue weighted by atomic mass is 35.5. The van der Waals surface area contributed by atoms with Crippen LogP contribution < -0.4 is 0 Å². The normalized spacial score (nSPS) is 10.9. The third kappa shape index (κ3) is 2.55. The largest absolute Gasteiger partial charge is 0.265 e. The molecule has 25 heavy (non-hydrogen) atoms. The highest BCUT2D eigenvalue weighted by molar-refractivity contribution is 6.29. The Morgan fingerprint density at radius 3 is 2.92 bits per heavy atom. The van der Waals surface area contributed by atoms with E-state index in [-0.39, 0.29) is 0 Å². The second-order valence-corrected chi connectivity index (χ2v) is 5.85. The molecule has 0 saturated carbocycles. The van der Waals surface area contributed by atoms with Crippen molar-refractivity contribution in [1.29, 1.82) is 5.26 Å². The Balaban J connectivity index is 2.07. The SMILES string of the molecule is CCn1nccc1-c1c(-c2cccc(C#N)c2)nn2ccc(Cl)nc12. The molecule has 0 unspecified atom stereocenters. The van der Waals surface area contributed by atoms with Gasteiger partial charge in [0.05, 0.1) is 22.9 Å². The lowest BCUT2D eigenvalue weighted by atomic mass is 10.0. The van der Waals surface area contributed by atoms with Gasteiger partial charge in [-0.3, -0.25) is 4.68 Å². The predicted octanol–water partition coefficient (Wildman–Crippen LogP) is 3.80. The van der Waals surface area contributed by atoms with Crippen LogP contribution in [0.2, 0.25) is 5.15 Å². The fourth-order valence-corrected chi connectivity index (χ4v) is 3.01. The van der Waals surface area contributed by atoms with Crippen molar-refractivity contribution in [3.63, 3.8) is 0 Å². The van der Waals surface area contributed by atoms with Crippen LogP contribution in [-0.2, 0) is 6.54 Å². The minimum atomic E-state index is 0.397. The predicted molar refractivity (Wildman–Crippen MR) is 95.0 cm³/mol. The van der Waals surface area contributed by atoms with Crippen molar-refractivity contribution in [3.05, 3.63) is 59.5 Å². The van der Waals surface area contributed by atoms with Crippen molar-refractivity contribution < 1.29 is 0 Å². The number of fused-ring (bicyclic) bond motifs is 1. The molecule has 0 saturated heterocycles. The first-order valence-electron chi connectivity index (χ1n) is 7.79. The third-order valence-electron chi connectivity index (χ3n) is 3.99. The van der Waals surface area contributed by atoms with Gasteiger partial charge in [-0.15, -0.1) is 0 Å². The molecule has 0 fully saturated rings. The molecular weight excluding hydrogens is 336 g/mol. The highest BCUT2D eigenvalue weighted by Gasteiger charge is 2.20. The number of benzene rings is 1. The smallest absolute Gasteiger partial charge is 0.166 e. The molecule has 0 atom stereocenters. The average Bonchev–Trinajstić information content (AvgIpc) is 3.24. The van der Waals surface area contributed by atoms with Gasteiger partial charge in [0, 0.05) is 24.5 Å². The molecule has 0 aliphatic heterocycles. The average molecular weight is 349 g/mol. The van der Waals surface area contributed by atoms with E-state index in [1.807, 2.05) is 35.9 Å². The molecule has 1 aromatic carbocycles. The Morgan fingerprint density at radius 1 is 1.24 bits per heavy atom. The van der Waals surface area contributed by atoms with Crippen LogP contribution in [0.15, 0.2) is 48.8 Å². The summed E-state index contributed by atoms with van der Waals surface area (Å²) in [5.74, 6) is 0. The van der Waals surface area contributed by atoms with Crippen molar-refractivity contribution in [2.45, 2.75) is 13.5 Å². The Kier molecular flexibility index (Phi) is 3.71. The van der Waals surface area contributed by atoms with Crippen molar-refractivity contribution in [2.75, 3.05) is 0 Å². The van der Waals surface area contributed by atoms with Gasteiger partial charge in [0.1, 0.15) is 10.8 Å². The number of nitrogens with zero attached hydrogens (tertiary/aromatic N) is 6. The van der Waals surface area contributed by atoms with E-state index in [1.54, 1.807) is 29.0 Å². The van der Waals surface area contributed by atoms with Crippen LogP contribution in [0.5, 0.6) is 0 Å². The summed E-state index contributed by atoms with van der Waals surface area (Å²) in [4.78, 5) is 4.46. The summed E-state index contributed by atoms with van der Waals surface area (Å²) in [6.07, 6.45) is 3.53. The molecule has 122 valence electrons. The number of aryl methyl sites for hydroxylation is 1. The zero-order valence-electron chi connectivity index (χ0n) is 13.4. The number of aromatic nitrogens is 5. The molecule has 0 amide bonds. The van der Waals surface area contributed by atoms with E-state index in [1.165, 1.54) is 0 Å². The van der Waals surface area contributed by atoms with Crippen molar-refractivity contribution in [1.82, 2.24) is 24.4 Å². The second-order valence-electron chi connectivity index (χ2n) is 5.47. The Morgan fingerprint density at radius 2 is 2.12 bits per heavy atom. The van der Waals surface area contributed by atoms with E-state index in [9.17, 15) is 5.26 Å². The molecule has 4 rings (SSSR count). The van der Waals surface area contributed by atoms with Crippen LogP contribution in [0.1, 0.15) is 12.5 Å². The van der Waals surface area contributed by atoms with E-state index in [0.29, 0.717) is 16.4 Å². The quantitative estimate of drug-likeness (QED) is 0.528. The summed E-state index contributed by atoms with van der Waals surface area (Å²) in [5.41, 5.74) is 4.57. The molecule has 7 heteroatoms. The summed E-state index contributed by atoms with van der Waals surface area (Å²) < 4.78 is 3.58. The van der Waals surface area contributed by atoms with E-state index in [0.717, 1.165) is 29.1 Å². The first-order chi connectivity index (χ1) is 12.2. The van der Waals surface area contributed by atoms with Crippen molar-refractivity contribution in [3.8, 4) is 28.6 Å². The maximum Gasteiger partial charge on any atom is 0.166 e. The molecule has 3 heterocycles. The second kappa shape index (κ2) is 6.04. The lowest BCUT2D eigenvalue weighted by Crippen LogP contribution is -1.99. The molecular formula is C18H13ClN6. The molecule has 0 spiro atoms.